The average Bonchev–Trinajstić information content (AvgIpc) is 2.68. The number of nitrogen functional groups attached to an aromatic ring is 1. The fourth-order valence-electron chi connectivity index (χ4n) is 2.74. The third-order valence-corrected chi connectivity index (χ3v) is 4.20. The zero-order valence-electron chi connectivity index (χ0n) is 19.8. The van der Waals surface area contributed by atoms with E-state index in [1.54, 1.807) is 34.6 Å². The molecule has 0 radical (unpaired) electrons. The standard InChI is InChI=1S/C23H31N3O7/c1-7-26(8-2)21(29)16(13-24)10-15-11-17(25)20(28)18(12-15)32-22(30)31-14(3)9-19(27)33-23(4,5)6/h10-12,14,28H,7-9,25H2,1-6H3/b16-10+. The Labute approximate surface area is 193 Å². The van der Waals surface area contributed by atoms with Crippen molar-refractivity contribution in [2.75, 3.05) is 18.8 Å². The van der Waals surface area contributed by atoms with Crippen molar-refractivity contribution in [2.24, 2.45) is 0 Å². The smallest absolute Gasteiger partial charge is 0.503 e. The molecule has 1 aromatic carbocycles. The Kier molecular flexibility index (Phi) is 9.73. The van der Waals surface area contributed by atoms with Crippen LogP contribution >= 0.6 is 0 Å². The van der Waals surface area contributed by atoms with Crippen LogP contribution in [0, 0.1) is 11.3 Å². The number of anilines is 1. The van der Waals surface area contributed by atoms with Crippen LogP contribution in [0.25, 0.3) is 6.08 Å². The first kappa shape index (κ1) is 27.3. The van der Waals surface area contributed by atoms with E-state index in [4.69, 9.17) is 19.9 Å². The van der Waals surface area contributed by atoms with Gasteiger partial charge in [-0.3, -0.25) is 9.59 Å². The summed E-state index contributed by atoms with van der Waals surface area (Å²) < 4.78 is 15.2. The number of nitrogens with two attached hydrogens (primary N) is 1. The van der Waals surface area contributed by atoms with Gasteiger partial charge < -0.3 is 30.0 Å². The third-order valence-electron chi connectivity index (χ3n) is 4.20. The van der Waals surface area contributed by atoms with Crippen molar-refractivity contribution < 1.29 is 33.7 Å². The maximum atomic E-state index is 12.5. The number of ether oxygens (including phenoxy) is 3. The van der Waals surface area contributed by atoms with Crippen LogP contribution in [-0.2, 0) is 19.1 Å². The highest BCUT2D eigenvalue weighted by Gasteiger charge is 2.22. The summed E-state index contributed by atoms with van der Waals surface area (Å²) in [6.45, 7) is 11.1. The number of nitriles is 1. The van der Waals surface area contributed by atoms with Crippen molar-refractivity contribution in [2.45, 2.75) is 59.7 Å². The van der Waals surface area contributed by atoms with E-state index in [2.05, 4.69) is 0 Å². The highest BCUT2D eigenvalue weighted by atomic mass is 16.7. The van der Waals surface area contributed by atoms with E-state index in [0.717, 1.165) is 0 Å². The fraction of sp³-hybridized carbons (Fsp3) is 0.478. The van der Waals surface area contributed by atoms with E-state index in [0.29, 0.717) is 13.1 Å². The number of hydrogen-bond donors (Lipinski definition) is 2. The maximum absolute atomic E-state index is 12.5. The molecule has 33 heavy (non-hydrogen) atoms. The molecular formula is C23H31N3O7. The first-order chi connectivity index (χ1) is 15.3. The summed E-state index contributed by atoms with van der Waals surface area (Å²) in [5.74, 6) is -1.86. The van der Waals surface area contributed by atoms with Crippen molar-refractivity contribution in [1.29, 1.82) is 5.26 Å². The molecule has 180 valence electrons. The summed E-state index contributed by atoms with van der Waals surface area (Å²) in [7, 11) is 0. The molecule has 0 bridgehead atoms. The Bertz CT molecular complexity index is 954. The fourth-order valence-corrected chi connectivity index (χ4v) is 2.74. The van der Waals surface area contributed by atoms with Crippen LogP contribution in [0.2, 0.25) is 0 Å². The molecule has 0 aliphatic heterocycles. The molecule has 10 nitrogen and oxygen atoms in total. The average molecular weight is 462 g/mol. The molecule has 0 aliphatic rings. The van der Waals surface area contributed by atoms with Gasteiger partial charge in [0.05, 0.1) is 12.1 Å². The SMILES string of the molecule is CCN(CC)C(=O)/C(C#N)=C/c1cc(N)c(O)c(OC(=O)OC(C)CC(=O)OC(C)(C)C)c1. The highest BCUT2D eigenvalue weighted by molar-refractivity contribution is 6.01. The Morgan fingerprint density at radius 1 is 1.24 bits per heavy atom. The molecule has 0 saturated heterocycles. The minimum Gasteiger partial charge on any atom is -0.503 e. The van der Waals surface area contributed by atoms with Crippen molar-refractivity contribution in [3.8, 4) is 17.6 Å². The van der Waals surface area contributed by atoms with Gasteiger partial charge >= 0.3 is 12.1 Å². The lowest BCUT2D eigenvalue weighted by Crippen LogP contribution is -2.31. The minimum atomic E-state index is -1.18. The Hall–Kier alpha value is -3.74. The largest absolute Gasteiger partial charge is 0.514 e. The molecule has 0 heterocycles. The van der Waals surface area contributed by atoms with Gasteiger partial charge in [0.25, 0.3) is 5.91 Å². The number of esters is 1. The van der Waals surface area contributed by atoms with Crippen LogP contribution in [0.3, 0.4) is 0 Å². The molecule has 1 aromatic rings. The zero-order chi connectivity index (χ0) is 25.3. The van der Waals surface area contributed by atoms with Gasteiger partial charge in [0.2, 0.25) is 0 Å². The summed E-state index contributed by atoms with van der Waals surface area (Å²) in [5, 5.41) is 19.5. The quantitative estimate of drug-likeness (QED) is 0.148. The van der Waals surface area contributed by atoms with Gasteiger partial charge in [-0.2, -0.15) is 5.26 Å². The van der Waals surface area contributed by atoms with Crippen molar-refractivity contribution in [3.05, 3.63) is 23.3 Å². The number of rotatable bonds is 8. The van der Waals surface area contributed by atoms with E-state index in [-0.39, 0.29) is 29.0 Å². The highest BCUT2D eigenvalue weighted by Crippen LogP contribution is 2.35. The predicted molar refractivity (Wildman–Crippen MR) is 121 cm³/mol. The number of phenolic OH excluding ortho intramolecular Hbond substituents is 1. The van der Waals surface area contributed by atoms with Crippen LogP contribution < -0.4 is 10.5 Å². The summed E-state index contributed by atoms with van der Waals surface area (Å²) >= 11 is 0. The lowest BCUT2D eigenvalue weighted by atomic mass is 10.1. The van der Waals surface area contributed by atoms with Gasteiger partial charge in [-0.05, 0) is 65.3 Å². The number of benzene rings is 1. The molecule has 1 atom stereocenters. The zero-order valence-corrected chi connectivity index (χ0v) is 19.8. The summed E-state index contributed by atoms with van der Waals surface area (Å²) in [6, 6.07) is 4.40. The second-order valence-corrected chi connectivity index (χ2v) is 8.18. The van der Waals surface area contributed by atoms with Gasteiger partial charge in [0.1, 0.15) is 23.3 Å². The molecule has 1 unspecified atom stereocenters. The van der Waals surface area contributed by atoms with E-state index in [1.165, 1.54) is 30.0 Å². The topological polar surface area (TPSA) is 152 Å². The van der Waals surface area contributed by atoms with E-state index >= 15 is 0 Å². The van der Waals surface area contributed by atoms with Crippen molar-refractivity contribution in [3.63, 3.8) is 0 Å². The number of phenols is 1. The second-order valence-electron chi connectivity index (χ2n) is 8.18. The summed E-state index contributed by atoms with van der Waals surface area (Å²) in [4.78, 5) is 37.9. The van der Waals surface area contributed by atoms with Crippen molar-refractivity contribution >= 4 is 29.8 Å². The predicted octanol–water partition coefficient (Wildman–Crippen LogP) is 3.39. The van der Waals surface area contributed by atoms with Gasteiger partial charge in [0, 0.05) is 13.1 Å². The monoisotopic (exact) mass is 461 g/mol. The van der Waals surface area contributed by atoms with Gasteiger partial charge in [-0.25, -0.2) is 4.79 Å². The number of likely N-dealkylation sites (N-methyl/N-ethyl adjacent to an activating group) is 1. The van der Waals surface area contributed by atoms with E-state index < -0.39 is 35.5 Å². The van der Waals surface area contributed by atoms with Crippen molar-refractivity contribution in [1.82, 2.24) is 4.90 Å². The van der Waals surface area contributed by atoms with E-state index in [1.807, 2.05) is 6.07 Å². The number of hydrogen-bond acceptors (Lipinski definition) is 9. The third kappa shape index (κ3) is 8.73. The molecule has 10 heteroatoms. The van der Waals surface area contributed by atoms with Crippen LogP contribution in [0.5, 0.6) is 11.5 Å². The van der Waals surface area contributed by atoms with Crippen LogP contribution in [0.4, 0.5) is 10.5 Å². The molecule has 1 amide bonds. The Morgan fingerprint density at radius 2 is 1.85 bits per heavy atom. The number of carbonyl (C=O) groups excluding carboxylic acids is 3. The van der Waals surface area contributed by atoms with Gasteiger partial charge in [-0.15, -0.1) is 0 Å². The number of nitrogens with zero attached hydrogens (tertiary/aromatic N) is 2. The number of aromatic hydroxyl groups is 1. The first-order valence-corrected chi connectivity index (χ1v) is 10.4. The molecule has 3 N–H and O–H groups in total. The molecule has 0 spiro atoms. The number of amides is 1. The lowest BCUT2D eigenvalue weighted by molar-refractivity contribution is -0.156. The Morgan fingerprint density at radius 3 is 2.36 bits per heavy atom. The molecule has 0 aromatic heterocycles. The van der Waals surface area contributed by atoms with Gasteiger partial charge in [0.15, 0.2) is 11.5 Å². The molecule has 1 rings (SSSR count). The Balaban J connectivity index is 3.01. The van der Waals surface area contributed by atoms with E-state index in [9.17, 15) is 24.8 Å². The van der Waals surface area contributed by atoms with Gasteiger partial charge in [-0.1, -0.05) is 0 Å². The number of carbonyl (C=O) groups is 3. The summed E-state index contributed by atoms with van der Waals surface area (Å²) in [6.07, 6.45) is -0.949. The first-order valence-electron chi connectivity index (χ1n) is 10.4. The molecular weight excluding hydrogens is 430 g/mol. The molecule has 0 fully saturated rings. The minimum absolute atomic E-state index is 0.138. The second kappa shape index (κ2) is 11.8. The molecule has 0 saturated carbocycles. The normalized spacial score (nSPS) is 12.3. The lowest BCUT2D eigenvalue weighted by Gasteiger charge is -2.21. The maximum Gasteiger partial charge on any atom is 0.514 e. The van der Waals surface area contributed by atoms with Crippen LogP contribution in [0.15, 0.2) is 17.7 Å². The van der Waals surface area contributed by atoms with Crippen LogP contribution in [0.1, 0.15) is 53.5 Å². The molecule has 0 aliphatic carbocycles. The summed E-state index contributed by atoms with van der Waals surface area (Å²) in [5.41, 5.74) is 5.07. The van der Waals surface area contributed by atoms with Crippen LogP contribution in [-0.4, -0.2) is 52.8 Å².